The Bertz CT molecular complexity index is 576. The molecule has 76 valence electrons. The van der Waals surface area contributed by atoms with Crippen LogP contribution in [0.1, 0.15) is 0 Å². The summed E-state index contributed by atoms with van der Waals surface area (Å²) >= 11 is 0. The summed E-state index contributed by atoms with van der Waals surface area (Å²) in [7, 11) is 0. The summed E-state index contributed by atoms with van der Waals surface area (Å²) in [6.45, 7) is 0. The number of fused-ring (bicyclic) bond motifs is 1. The van der Waals surface area contributed by atoms with Crippen LogP contribution in [0.15, 0.2) is 35.3 Å². The minimum absolute atomic E-state index is 0.441. The van der Waals surface area contributed by atoms with Crippen LogP contribution in [0.3, 0.4) is 0 Å². The highest BCUT2D eigenvalue weighted by atomic mass is 16.7. The van der Waals surface area contributed by atoms with E-state index in [1.165, 1.54) is 6.20 Å². The predicted octanol–water partition coefficient (Wildman–Crippen LogP) is -0.0962. The molecule has 6 heteroatoms. The van der Waals surface area contributed by atoms with Gasteiger partial charge in [-0.25, -0.2) is 9.59 Å². The second kappa shape index (κ2) is 3.41. The van der Waals surface area contributed by atoms with Gasteiger partial charge in [0.05, 0.1) is 5.52 Å². The number of amides is 1. The Morgan fingerprint density at radius 3 is 2.87 bits per heavy atom. The highest BCUT2D eigenvalue weighted by Crippen LogP contribution is 2.08. The van der Waals surface area contributed by atoms with Crippen molar-refractivity contribution in [3.05, 3.63) is 40.9 Å². The molecule has 1 amide bonds. The molecule has 15 heavy (non-hydrogen) atoms. The highest BCUT2D eigenvalue weighted by molar-refractivity contribution is 5.78. The topological polar surface area (TPSA) is 87.2 Å². The van der Waals surface area contributed by atoms with Gasteiger partial charge in [-0.15, -0.1) is 4.73 Å². The number of hydrogen-bond acceptors (Lipinski definition) is 4. The zero-order valence-electron chi connectivity index (χ0n) is 7.58. The summed E-state index contributed by atoms with van der Waals surface area (Å²) in [6.07, 6.45) is 0.341. The number of para-hydroxylation sites is 1. The van der Waals surface area contributed by atoms with Gasteiger partial charge in [0.25, 0.3) is 0 Å². The van der Waals surface area contributed by atoms with Gasteiger partial charge in [0.1, 0.15) is 0 Å². The van der Waals surface area contributed by atoms with E-state index >= 15 is 0 Å². The summed E-state index contributed by atoms with van der Waals surface area (Å²) in [5.74, 6) is 0. The maximum atomic E-state index is 11.3. The van der Waals surface area contributed by atoms with E-state index in [1.54, 1.807) is 24.3 Å². The summed E-state index contributed by atoms with van der Waals surface area (Å²) in [5.41, 5.74) is 4.59. The van der Waals surface area contributed by atoms with Crippen LogP contribution < -0.4 is 16.3 Å². The molecule has 1 heterocycles. The lowest BCUT2D eigenvalue weighted by atomic mass is 10.2. The number of carbonyl (C=O) groups excluding carboxylic acids is 1. The summed E-state index contributed by atoms with van der Waals surface area (Å²) in [4.78, 5) is 29.9. The fraction of sp³-hybridized carbons (Fsp3) is 0. The second-order valence-corrected chi connectivity index (χ2v) is 2.80. The number of rotatable bonds is 1. The molecule has 6 nitrogen and oxygen atoms in total. The van der Waals surface area contributed by atoms with Gasteiger partial charge in [-0.05, 0) is 6.07 Å². The van der Waals surface area contributed by atoms with Crippen LogP contribution in [0, 0.1) is 0 Å². The van der Waals surface area contributed by atoms with E-state index in [1.807, 2.05) is 0 Å². The Kier molecular flexibility index (Phi) is 2.09. The third kappa shape index (κ3) is 1.64. The van der Waals surface area contributed by atoms with Crippen molar-refractivity contribution in [2.24, 2.45) is 5.73 Å². The molecule has 2 rings (SSSR count). The summed E-state index contributed by atoms with van der Waals surface area (Å²) in [5, 5.41) is 0.679. The monoisotopic (exact) mass is 205 g/mol. The summed E-state index contributed by atoms with van der Waals surface area (Å²) in [6, 6.07) is 6.86. The van der Waals surface area contributed by atoms with Crippen LogP contribution in [-0.4, -0.2) is 15.8 Å². The molecule has 0 radical (unpaired) electrons. The largest absolute Gasteiger partial charge is 0.429 e. The number of benzene rings is 1. The second-order valence-electron chi connectivity index (χ2n) is 2.80. The van der Waals surface area contributed by atoms with E-state index in [-0.39, 0.29) is 0 Å². The molecule has 0 bridgehead atoms. The first-order valence-corrected chi connectivity index (χ1v) is 4.13. The van der Waals surface area contributed by atoms with Crippen LogP contribution in [0.25, 0.3) is 10.9 Å². The molecule has 0 unspecified atom stereocenters. The molecule has 2 aromatic rings. The standard InChI is InChI=1S/C9H7N3O3/c10-8(13)15-12-7-4-2-1-3-6(7)5-11-9(12)14/h1-5H,(H2,10,13). The van der Waals surface area contributed by atoms with E-state index in [4.69, 9.17) is 5.73 Å². The van der Waals surface area contributed by atoms with E-state index in [9.17, 15) is 9.59 Å². The van der Waals surface area contributed by atoms with Crippen LogP contribution >= 0.6 is 0 Å². The fourth-order valence-electron chi connectivity index (χ4n) is 1.24. The molecule has 0 fully saturated rings. The van der Waals surface area contributed by atoms with Gasteiger partial charge in [-0.2, -0.15) is 4.98 Å². The van der Waals surface area contributed by atoms with Gasteiger partial charge in [0.15, 0.2) is 0 Å². The zero-order chi connectivity index (χ0) is 10.8. The van der Waals surface area contributed by atoms with Crippen LogP contribution in [0.4, 0.5) is 4.79 Å². The van der Waals surface area contributed by atoms with Gasteiger partial charge in [0.2, 0.25) is 0 Å². The lowest BCUT2D eigenvalue weighted by Gasteiger charge is -2.05. The van der Waals surface area contributed by atoms with Crippen LogP contribution in [0.5, 0.6) is 0 Å². The Morgan fingerprint density at radius 1 is 1.40 bits per heavy atom. The van der Waals surface area contributed by atoms with Crippen LogP contribution in [-0.2, 0) is 0 Å². The zero-order valence-corrected chi connectivity index (χ0v) is 7.58. The first-order valence-electron chi connectivity index (χ1n) is 4.13. The van der Waals surface area contributed by atoms with Crippen molar-refractivity contribution >= 4 is 17.0 Å². The molecular formula is C9H7N3O3. The van der Waals surface area contributed by atoms with Crippen LogP contribution in [0.2, 0.25) is 0 Å². The molecule has 0 aliphatic carbocycles. The lowest BCUT2D eigenvalue weighted by Crippen LogP contribution is -2.35. The number of hydrogen-bond donors (Lipinski definition) is 1. The van der Waals surface area contributed by atoms with Crippen molar-refractivity contribution in [1.29, 1.82) is 0 Å². The van der Waals surface area contributed by atoms with Crippen molar-refractivity contribution in [2.75, 3.05) is 0 Å². The first-order chi connectivity index (χ1) is 7.18. The Labute approximate surface area is 83.9 Å². The average molecular weight is 205 g/mol. The molecule has 0 spiro atoms. The smallest absolute Gasteiger partial charge is 0.333 e. The van der Waals surface area contributed by atoms with Gasteiger partial charge in [0, 0.05) is 11.6 Å². The number of nitrogens with zero attached hydrogens (tertiary/aromatic N) is 2. The molecule has 0 atom stereocenters. The predicted molar refractivity (Wildman–Crippen MR) is 52.2 cm³/mol. The molecule has 2 N–H and O–H groups in total. The van der Waals surface area contributed by atoms with Crippen molar-refractivity contribution in [1.82, 2.24) is 9.71 Å². The molecule has 1 aromatic heterocycles. The molecule has 0 saturated carbocycles. The van der Waals surface area contributed by atoms with E-state index in [0.29, 0.717) is 10.9 Å². The van der Waals surface area contributed by atoms with Crippen molar-refractivity contribution < 1.29 is 9.63 Å². The van der Waals surface area contributed by atoms with E-state index < -0.39 is 11.8 Å². The van der Waals surface area contributed by atoms with E-state index in [0.717, 1.165) is 4.73 Å². The molecule has 0 aliphatic heterocycles. The normalized spacial score (nSPS) is 10.1. The SMILES string of the molecule is NC(=O)On1c(=O)ncc2ccccc21. The Morgan fingerprint density at radius 2 is 2.13 bits per heavy atom. The van der Waals surface area contributed by atoms with Gasteiger partial charge >= 0.3 is 11.8 Å². The summed E-state index contributed by atoms with van der Waals surface area (Å²) < 4.78 is 0.762. The van der Waals surface area contributed by atoms with E-state index in [2.05, 4.69) is 9.82 Å². The van der Waals surface area contributed by atoms with Gasteiger partial charge in [-0.1, -0.05) is 18.2 Å². The van der Waals surface area contributed by atoms with Crippen molar-refractivity contribution in [2.45, 2.75) is 0 Å². The number of primary amides is 1. The Hall–Kier alpha value is -2.37. The first kappa shape index (κ1) is 9.20. The Balaban J connectivity index is 2.74. The number of carbonyl (C=O) groups is 1. The molecule has 0 saturated heterocycles. The van der Waals surface area contributed by atoms with Crippen molar-refractivity contribution in [3.63, 3.8) is 0 Å². The number of nitrogens with two attached hydrogens (primary N) is 1. The third-order valence-corrected chi connectivity index (χ3v) is 1.82. The minimum Gasteiger partial charge on any atom is -0.333 e. The molecule has 0 aliphatic rings. The minimum atomic E-state index is -1.06. The van der Waals surface area contributed by atoms with Gasteiger partial charge < -0.3 is 10.6 Å². The van der Waals surface area contributed by atoms with Gasteiger partial charge in [-0.3, -0.25) is 0 Å². The molecular weight excluding hydrogens is 198 g/mol. The fourth-order valence-corrected chi connectivity index (χ4v) is 1.24. The van der Waals surface area contributed by atoms with Crippen molar-refractivity contribution in [3.8, 4) is 0 Å². The third-order valence-electron chi connectivity index (χ3n) is 1.82. The number of aromatic nitrogens is 2. The average Bonchev–Trinajstić information content (AvgIpc) is 2.22. The molecule has 1 aromatic carbocycles. The highest BCUT2D eigenvalue weighted by Gasteiger charge is 2.06. The maximum absolute atomic E-state index is 11.3. The lowest BCUT2D eigenvalue weighted by molar-refractivity contribution is 0.142. The quantitative estimate of drug-likeness (QED) is 0.704. The maximum Gasteiger partial charge on any atom is 0.429 e.